The van der Waals surface area contributed by atoms with Crippen LogP contribution < -0.4 is 0 Å². The molecule has 3 rings (SSSR count). The van der Waals surface area contributed by atoms with Gasteiger partial charge in [-0.2, -0.15) is 0 Å². The van der Waals surface area contributed by atoms with Crippen molar-refractivity contribution < 1.29 is 0 Å². The van der Waals surface area contributed by atoms with Crippen LogP contribution in [0.25, 0.3) is 0 Å². The Kier molecular flexibility index (Phi) is 2.53. The summed E-state index contributed by atoms with van der Waals surface area (Å²) in [5.41, 5.74) is 1.18. The molecule has 0 bridgehead atoms. The molecule has 82 valence electrons. The molecule has 15 heavy (non-hydrogen) atoms. The SMILES string of the molecule is Cc1csc(CN2CCCC2C2CC2)n1. The lowest BCUT2D eigenvalue weighted by atomic mass is 10.1. The Balaban J connectivity index is 1.66. The molecule has 2 heterocycles. The maximum absolute atomic E-state index is 4.57. The quantitative estimate of drug-likeness (QED) is 0.782. The van der Waals surface area contributed by atoms with Gasteiger partial charge in [-0.3, -0.25) is 4.90 Å². The van der Waals surface area contributed by atoms with Gasteiger partial charge in [-0.1, -0.05) is 0 Å². The van der Waals surface area contributed by atoms with Crippen molar-refractivity contribution in [3.63, 3.8) is 0 Å². The second-order valence-electron chi connectivity index (χ2n) is 4.90. The van der Waals surface area contributed by atoms with Crippen molar-refractivity contribution in [2.75, 3.05) is 6.54 Å². The van der Waals surface area contributed by atoms with Gasteiger partial charge in [0.1, 0.15) is 5.01 Å². The molecule has 1 saturated heterocycles. The number of aryl methyl sites for hydroxylation is 1. The van der Waals surface area contributed by atoms with Crippen molar-refractivity contribution >= 4 is 11.3 Å². The minimum absolute atomic E-state index is 0.884. The van der Waals surface area contributed by atoms with E-state index >= 15 is 0 Å². The molecule has 1 aliphatic heterocycles. The highest BCUT2D eigenvalue weighted by Gasteiger charge is 2.37. The van der Waals surface area contributed by atoms with Gasteiger partial charge in [0.05, 0.1) is 6.54 Å². The molecule has 2 aliphatic rings. The molecule has 0 N–H and O–H groups in total. The first-order valence-corrected chi connectivity index (χ1v) is 6.86. The Hall–Kier alpha value is -0.410. The van der Waals surface area contributed by atoms with Gasteiger partial charge < -0.3 is 0 Å². The van der Waals surface area contributed by atoms with Crippen LogP contribution in [-0.4, -0.2) is 22.5 Å². The summed E-state index contributed by atoms with van der Waals surface area (Å²) in [5, 5.41) is 3.47. The molecule has 0 aromatic carbocycles. The van der Waals surface area contributed by atoms with E-state index in [4.69, 9.17) is 0 Å². The zero-order chi connectivity index (χ0) is 10.3. The number of thiazole rings is 1. The van der Waals surface area contributed by atoms with E-state index in [0.717, 1.165) is 18.5 Å². The Bertz CT molecular complexity index is 343. The van der Waals surface area contributed by atoms with Gasteiger partial charge in [-0.25, -0.2) is 4.98 Å². The molecule has 0 amide bonds. The third-order valence-electron chi connectivity index (χ3n) is 3.59. The summed E-state index contributed by atoms with van der Waals surface area (Å²) in [5.74, 6) is 1.02. The Morgan fingerprint density at radius 1 is 1.47 bits per heavy atom. The first-order chi connectivity index (χ1) is 7.33. The van der Waals surface area contributed by atoms with Crippen LogP contribution in [0.2, 0.25) is 0 Å². The first-order valence-electron chi connectivity index (χ1n) is 5.98. The van der Waals surface area contributed by atoms with Gasteiger partial charge in [0.25, 0.3) is 0 Å². The summed E-state index contributed by atoms with van der Waals surface area (Å²) in [6.07, 6.45) is 5.76. The van der Waals surface area contributed by atoms with E-state index in [-0.39, 0.29) is 0 Å². The highest BCUT2D eigenvalue weighted by atomic mass is 32.1. The Morgan fingerprint density at radius 3 is 3.00 bits per heavy atom. The number of hydrogen-bond donors (Lipinski definition) is 0. The average Bonchev–Trinajstić information content (AvgIpc) is 2.83. The zero-order valence-corrected chi connectivity index (χ0v) is 10.1. The predicted octanol–water partition coefficient (Wildman–Crippen LogP) is 2.83. The monoisotopic (exact) mass is 222 g/mol. The number of nitrogens with zero attached hydrogens (tertiary/aromatic N) is 2. The molecule has 2 fully saturated rings. The van der Waals surface area contributed by atoms with Crippen molar-refractivity contribution in [2.45, 2.75) is 45.2 Å². The summed E-state index contributed by atoms with van der Waals surface area (Å²) in [7, 11) is 0. The molecule has 1 unspecified atom stereocenters. The van der Waals surface area contributed by atoms with Gasteiger partial charge in [0.2, 0.25) is 0 Å². The first kappa shape index (κ1) is 9.79. The maximum atomic E-state index is 4.57. The van der Waals surface area contributed by atoms with E-state index in [1.165, 1.54) is 42.9 Å². The van der Waals surface area contributed by atoms with Gasteiger partial charge in [0.15, 0.2) is 0 Å². The molecule has 1 aromatic rings. The molecule has 1 aliphatic carbocycles. The number of rotatable bonds is 3. The zero-order valence-electron chi connectivity index (χ0n) is 9.28. The molecular formula is C12H18N2S. The van der Waals surface area contributed by atoms with Crippen LogP contribution in [0, 0.1) is 12.8 Å². The highest BCUT2D eigenvalue weighted by molar-refractivity contribution is 7.09. The minimum Gasteiger partial charge on any atom is -0.293 e. The Morgan fingerprint density at radius 2 is 2.33 bits per heavy atom. The van der Waals surface area contributed by atoms with Crippen molar-refractivity contribution in [1.82, 2.24) is 9.88 Å². The largest absolute Gasteiger partial charge is 0.293 e. The Labute approximate surface area is 95.3 Å². The van der Waals surface area contributed by atoms with Crippen LogP contribution in [0.15, 0.2) is 5.38 Å². The van der Waals surface area contributed by atoms with Gasteiger partial charge >= 0.3 is 0 Å². The van der Waals surface area contributed by atoms with Crippen molar-refractivity contribution in [3.8, 4) is 0 Å². The third-order valence-corrected chi connectivity index (χ3v) is 4.54. The summed E-state index contributed by atoms with van der Waals surface area (Å²) >= 11 is 1.82. The van der Waals surface area contributed by atoms with Crippen molar-refractivity contribution in [1.29, 1.82) is 0 Å². The van der Waals surface area contributed by atoms with Crippen LogP contribution in [0.4, 0.5) is 0 Å². The summed E-state index contributed by atoms with van der Waals surface area (Å²) in [6.45, 7) is 4.47. The van der Waals surface area contributed by atoms with Crippen molar-refractivity contribution in [3.05, 3.63) is 16.1 Å². The van der Waals surface area contributed by atoms with Gasteiger partial charge in [0, 0.05) is 17.1 Å². The standard InChI is InChI=1S/C12H18N2S/c1-9-8-15-12(13-9)7-14-6-2-3-11(14)10-4-5-10/h8,10-11H,2-7H2,1H3. The lowest BCUT2D eigenvalue weighted by Gasteiger charge is -2.22. The topological polar surface area (TPSA) is 16.1 Å². The van der Waals surface area contributed by atoms with E-state index in [1.807, 2.05) is 11.3 Å². The normalized spacial score (nSPS) is 27.4. The lowest BCUT2D eigenvalue weighted by molar-refractivity contribution is 0.223. The number of hydrogen-bond acceptors (Lipinski definition) is 3. The molecule has 0 spiro atoms. The van der Waals surface area contributed by atoms with E-state index in [0.29, 0.717) is 0 Å². The van der Waals surface area contributed by atoms with Gasteiger partial charge in [-0.15, -0.1) is 11.3 Å². The van der Waals surface area contributed by atoms with E-state index in [1.54, 1.807) is 0 Å². The molecule has 2 nitrogen and oxygen atoms in total. The highest BCUT2D eigenvalue weighted by Crippen LogP contribution is 2.40. The third kappa shape index (κ3) is 2.08. The summed E-state index contributed by atoms with van der Waals surface area (Å²) < 4.78 is 0. The van der Waals surface area contributed by atoms with Crippen LogP contribution in [0.3, 0.4) is 0 Å². The number of aromatic nitrogens is 1. The fourth-order valence-corrected chi connectivity index (χ4v) is 3.51. The average molecular weight is 222 g/mol. The second kappa shape index (κ2) is 3.87. The summed E-state index contributed by atoms with van der Waals surface area (Å²) in [6, 6.07) is 0.884. The smallest absolute Gasteiger partial charge is 0.107 e. The molecule has 1 saturated carbocycles. The maximum Gasteiger partial charge on any atom is 0.107 e. The number of likely N-dealkylation sites (tertiary alicyclic amines) is 1. The molecular weight excluding hydrogens is 204 g/mol. The second-order valence-corrected chi connectivity index (χ2v) is 5.84. The van der Waals surface area contributed by atoms with Crippen LogP contribution in [0.5, 0.6) is 0 Å². The van der Waals surface area contributed by atoms with Crippen LogP contribution in [-0.2, 0) is 6.54 Å². The molecule has 1 aromatic heterocycles. The summed E-state index contributed by atoms with van der Waals surface area (Å²) in [4.78, 5) is 7.23. The van der Waals surface area contributed by atoms with Crippen LogP contribution >= 0.6 is 11.3 Å². The van der Waals surface area contributed by atoms with Gasteiger partial charge in [-0.05, 0) is 45.1 Å². The minimum atomic E-state index is 0.884. The van der Waals surface area contributed by atoms with E-state index in [2.05, 4.69) is 22.2 Å². The van der Waals surface area contributed by atoms with Crippen molar-refractivity contribution in [2.24, 2.45) is 5.92 Å². The fraction of sp³-hybridized carbons (Fsp3) is 0.750. The predicted molar refractivity (Wildman–Crippen MR) is 63.0 cm³/mol. The molecule has 3 heteroatoms. The molecule has 0 radical (unpaired) electrons. The van der Waals surface area contributed by atoms with Crippen LogP contribution in [0.1, 0.15) is 36.4 Å². The fourth-order valence-electron chi connectivity index (χ4n) is 2.71. The lowest BCUT2D eigenvalue weighted by Crippen LogP contribution is -2.30. The molecule has 1 atom stereocenters. The van der Waals surface area contributed by atoms with E-state index in [9.17, 15) is 0 Å². The van der Waals surface area contributed by atoms with E-state index < -0.39 is 0 Å².